The fourth-order valence-corrected chi connectivity index (χ4v) is 2.31. The molecule has 1 aliphatic rings. The zero-order valence-corrected chi connectivity index (χ0v) is 11.7. The van der Waals surface area contributed by atoms with Crippen LogP contribution in [-0.4, -0.2) is 18.1 Å². The Morgan fingerprint density at radius 2 is 2.17 bits per heavy atom. The van der Waals surface area contributed by atoms with Gasteiger partial charge in [-0.05, 0) is 44.0 Å². The van der Waals surface area contributed by atoms with Gasteiger partial charge in [-0.1, -0.05) is 17.7 Å². The van der Waals surface area contributed by atoms with Gasteiger partial charge in [0.15, 0.2) is 0 Å². The summed E-state index contributed by atoms with van der Waals surface area (Å²) in [5, 5.41) is 3.92. The van der Waals surface area contributed by atoms with E-state index in [0.717, 1.165) is 17.7 Å². The highest BCUT2D eigenvalue weighted by Crippen LogP contribution is 2.28. The number of ether oxygens (including phenoxy) is 1. The largest absolute Gasteiger partial charge is 0.459 e. The van der Waals surface area contributed by atoms with Gasteiger partial charge in [-0.15, -0.1) is 0 Å². The number of hydrogen-bond donors (Lipinski definition) is 1. The summed E-state index contributed by atoms with van der Waals surface area (Å²) in [6.45, 7) is 7.00. The minimum absolute atomic E-state index is 0.182. The van der Waals surface area contributed by atoms with Gasteiger partial charge < -0.3 is 10.1 Å². The fourth-order valence-electron chi connectivity index (χ4n) is 2.11. The van der Waals surface area contributed by atoms with Crippen LogP contribution in [0.4, 0.5) is 0 Å². The molecule has 0 aliphatic carbocycles. The van der Waals surface area contributed by atoms with Gasteiger partial charge in [0.25, 0.3) is 0 Å². The topological polar surface area (TPSA) is 38.3 Å². The molecule has 0 aromatic heterocycles. The predicted molar refractivity (Wildman–Crippen MR) is 71.7 cm³/mol. The molecule has 1 aromatic rings. The van der Waals surface area contributed by atoms with Crippen molar-refractivity contribution >= 4 is 17.6 Å². The van der Waals surface area contributed by atoms with E-state index in [1.54, 1.807) is 0 Å². The van der Waals surface area contributed by atoms with Crippen molar-refractivity contribution in [3.05, 3.63) is 34.3 Å². The van der Waals surface area contributed by atoms with Crippen LogP contribution in [0.2, 0.25) is 5.02 Å². The van der Waals surface area contributed by atoms with E-state index in [1.807, 2.05) is 39.0 Å². The Bertz CT molecular complexity index is 465. The van der Waals surface area contributed by atoms with E-state index in [9.17, 15) is 4.79 Å². The number of fused-ring (bicyclic) bond motifs is 1. The minimum Gasteiger partial charge on any atom is -0.459 e. The maximum Gasteiger partial charge on any atom is 0.315 e. The van der Waals surface area contributed by atoms with Crippen molar-refractivity contribution in [2.75, 3.05) is 6.54 Å². The predicted octanol–water partition coefficient (Wildman–Crippen LogP) is 2.87. The maximum atomic E-state index is 12.2. The first-order chi connectivity index (χ1) is 8.37. The molecule has 98 valence electrons. The lowest BCUT2D eigenvalue weighted by Gasteiger charge is -2.28. The average Bonchev–Trinajstić information content (AvgIpc) is 2.25. The Morgan fingerprint density at radius 1 is 1.44 bits per heavy atom. The van der Waals surface area contributed by atoms with Gasteiger partial charge in [-0.2, -0.15) is 0 Å². The van der Waals surface area contributed by atoms with Crippen LogP contribution in [0.15, 0.2) is 18.2 Å². The molecular weight excluding hydrogens is 250 g/mol. The molecule has 2 rings (SSSR count). The van der Waals surface area contributed by atoms with Crippen LogP contribution in [0.5, 0.6) is 0 Å². The van der Waals surface area contributed by atoms with Gasteiger partial charge in [0.1, 0.15) is 5.60 Å². The van der Waals surface area contributed by atoms with Crippen molar-refractivity contribution in [2.45, 2.75) is 38.8 Å². The van der Waals surface area contributed by atoms with Crippen LogP contribution in [0.1, 0.15) is 37.8 Å². The average molecular weight is 268 g/mol. The number of carbonyl (C=O) groups is 1. The van der Waals surface area contributed by atoms with E-state index in [2.05, 4.69) is 5.32 Å². The SMILES string of the molecule is CC(C)(C)OC(=O)C1CNCc2cc(Cl)ccc21. The van der Waals surface area contributed by atoms with Crippen molar-refractivity contribution in [3.8, 4) is 0 Å². The molecule has 1 heterocycles. The van der Waals surface area contributed by atoms with Gasteiger partial charge in [0, 0.05) is 18.1 Å². The molecule has 1 unspecified atom stereocenters. The van der Waals surface area contributed by atoms with Crippen LogP contribution < -0.4 is 5.32 Å². The van der Waals surface area contributed by atoms with E-state index < -0.39 is 5.60 Å². The van der Waals surface area contributed by atoms with Crippen molar-refractivity contribution in [2.24, 2.45) is 0 Å². The fraction of sp³-hybridized carbons (Fsp3) is 0.500. The Kier molecular flexibility index (Phi) is 3.64. The number of esters is 1. The van der Waals surface area contributed by atoms with E-state index in [1.165, 1.54) is 0 Å². The van der Waals surface area contributed by atoms with E-state index >= 15 is 0 Å². The van der Waals surface area contributed by atoms with E-state index in [-0.39, 0.29) is 11.9 Å². The third-order valence-corrected chi connectivity index (χ3v) is 3.07. The zero-order chi connectivity index (χ0) is 13.3. The molecule has 0 bridgehead atoms. The standard InChI is InChI=1S/C14H18ClNO2/c1-14(2,3)18-13(17)12-8-16-7-9-6-10(15)4-5-11(9)12/h4-6,12,16H,7-8H2,1-3H3. The second-order valence-corrected chi connectivity index (χ2v) is 6.00. The quantitative estimate of drug-likeness (QED) is 0.795. The molecule has 1 aromatic carbocycles. The van der Waals surface area contributed by atoms with Crippen LogP contribution in [0.25, 0.3) is 0 Å². The first kappa shape index (κ1) is 13.4. The second kappa shape index (κ2) is 4.90. The van der Waals surface area contributed by atoms with Crippen LogP contribution in [-0.2, 0) is 16.1 Å². The summed E-state index contributed by atoms with van der Waals surface area (Å²) in [4.78, 5) is 12.2. The number of benzene rings is 1. The highest BCUT2D eigenvalue weighted by atomic mass is 35.5. The molecule has 4 heteroatoms. The lowest BCUT2D eigenvalue weighted by molar-refractivity contribution is -0.156. The molecule has 0 saturated heterocycles. The third-order valence-electron chi connectivity index (χ3n) is 2.84. The molecule has 0 amide bonds. The van der Waals surface area contributed by atoms with E-state index in [4.69, 9.17) is 16.3 Å². The number of rotatable bonds is 1. The molecule has 0 fully saturated rings. The molecule has 1 N–H and O–H groups in total. The molecule has 1 aliphatic heterocycles. The second-order valence-electron chi connectivity index (χ2n) is 5.56. The third kappa shape index (κ3) is 3.03. The van der Waals surface area contributed by atoms with E-state index in [0.29, 0.717) is 11.6 Å². The molecule has 3 nitrogen and oxygen atoms in total. The van der Waals surface area contributed by atoms with Gasteiger partial charge in [-0.3, -0.25) is 4.79 Å². The molecular formula is C14H18ClNO2. The summed E-state index contributed by atoms with van der Waals surface area (Å²) in [7, 11) is 0. The van der Waals surface area contributed by atoms with Gasteiger partial charge in [-0.25, -0.2) is 0 Å². The summed E-state index contributed by atoms with van der Waals surface area (Å²) in [6.07, 6.45) is 0. The normalized spacial score (nSPS) is 19.2. The smallest absolute Gasteiger partial charge is 0.315 e. The summed E-state index contributed by atoms with van der Waals surface area (Å²) in [5.74, 6) is -0.427. The Labute approximate surface area is 112 Å². The van der Waals surface area contributed by atoms with Crippen molar-refractivity contribution in [3.63, 3.8) is 0 Å². The number of carbonyl (C=O) groups excluding carboxylic acids is 1. The van der Waals surface area contributed by atoms with Crippen LogP contribution >= 0.6 is 11.6 Å². The lowest BCUT2D eigenvalue weighted by Crippen LogP contribution is -2.36. The maximum absolute atomic E-state index is 12.2. The Morgan fingerprint density at radius 3 is 2.83 bits per heavy atom. The number of hydrogen-bond acceptors (Lipinski definition) is 3. The monoisotopic (exact) mass is 267 g/mol. The minimum atomic E-state index is -0.457. The molecule has 0 spiro atoms. The summed E-state index contributed by atoms with van der Waals surface area (Å²) >= 11 is 5.97. The van der Waals surface area contributed by atoms with Crippen molar-refractivity contribution in [1.29, 1.82) is 0 Å². The van der Waals surface area contributed by atoms with Crippen molar-refractivity contribution < 1.29 is 9.53 Å². The zero-order valence-electron chi connectivity index (χ0n) is 10.9. The van der Waals surface area contributed by atoms with Gasteiger partial charge in [0.2, 0.25) is 0 Å². The summed E-state index contributed by atoms with van der Waals surface area (Å²) < 4.78 is 5.45. The lowest BCUT2D eigenvalue weighted by atomic mass is 9.91. The Balaban J connectivity index is 2.25. The van der Waals surface area contributed by atoms with Gasteiger partial charge >= 0.3 is 5.97 Å². The molecule has 18 heavy (non-hydrogen) atoms. The molecule has 1 atom stereocenters. The number of halogens is 1. The molecule has 0 radical (unpaired) electrons. The van der Waals surface area contributed by atoms with Crippen molar-refractivity contribution in [1.82, 2.24) is 5.32 Å². The van der Waals surface area contributed by atoms with Crippen LogP contribution in [0, 0.1) is 0 Å². The molecule has 0 saturated carbocycles. The number of nitrogens with one attached hydrogen (secondary N) is 1. The highest BCUT2D eigenvalue weighted by molar-refractivity contribution is 6.30. The van der Waals surface area contributed by atoms with Crippen LogP contribution in [0.3, 0.4) is 0 Å². The highest BCUT2D eigenvalue weighted by Gasteiger charge is 2.30. The Hall–Kier alpha value is -1.06. The summed E-state index contributed by atoms with van der Waals surface area (Å²) in [6, 6.07) is 5.65. The summed E-state index contributed by atoms with van der Waals surface area (Å²) in [5.41, 5.74) is 1.64. The first-order valence-corrected chi connectivity index (χ1v) is 6.46. The first-order valence-electron chi connectivity index (χ1n) is 6.09. The van der Waals surface area contributed by atoms with Gasteiger partial charge in [0.05, 0.1) is 5.92 Å².